The lowest BCUT2D eigenvalue weighted by molar-refractivity contribution is -0.140. The number of aromatic nitrogens is 1. The molecule has 9 heteroatoms. The van der Waals surface area contributed by atoms with Crippen molar-refractivity contribution in [2.75, 3.05) is 6.54 Å². The molecule has 31 heavy (non-hydrogen) atoms. The Kier molecular flexibility index (Phi) is 6.17. The van der Waals surface area contributed by atoms with Crippen molar-refractivity contribution in [3.8, 4) is 11.5 Å². The lowest BCUT2D eigenvalue weighted by Gasteiger charge is -2.21. The van der Waals surface area contributed by atoms with Crippen molar-refractivity contribution in [2.45, 2.75) is 41.4 Å². The van der Waals surface area contributed by atoms with Crippen LogP contribution >= 0.6 is 11.8 Å². The average molecular weight is 459 g/mol. The second-order valence-electron chi connectivity index (χ2n) is 7.26. The molecule has 1 atom stereocenters. The summed E-state index contributed by atoms with van der Waals surface area (Å²) in [4.78, 5) is 16.9. The van der Waals surface area contributed by atoms with Crippen molar-refractivity contribution < 1.29 is 22.7 Å². The lowest BCUT2D eigenvalue weighted by atomic mass is 10.2. The third-order valence-corrected chi connectivity index (χ3v) is 8.15. The molecule has 0 aliphatic carbocycles. The summed E-state index contributed by atoms with van der Waals surface area (Å²) in [5.41, 5.74) is 1.75. The van der Waals surface area contributed by atoms with E-state index in [0.717, 1.165) is 26.2 Å². The number of hydrogen-bond acceptors (Lipinski definition) is 6. The van der Waals surface area contributed by atoms with E-state index in [1.54, 1.807) is 12.1 Å². The molecule has 4 rings (SSSR count). The van der Waals surface area contributed by atoms with Crippen LogP contribution in [0.5, 0.6) is 0 Å². The highest BCUT2D eigenvalue weighted by Crippen LogP contribution is 2.30. The summed E-state index contributed by atoms with van der Waals surface area (Å²) in [5.74, 6) is 0.806. The number of carbonyl (C=O) groups is 1. The van der Waals surface area contributed by atoms with Gasteiger partial charge >= 0.3 is 5.97 Å². The fraction of sp³-hybridized carbons (Fsp3) is 0.273. The number of carboxylic acid groups (broad SMARTS) is 1. The number of aryl methyl sites for hydroxylation is 1. The first kappa shape index (κ1) is 21.6. The van der Waals surface area contributed by atoms with Crippen LogP contribution in [0, 0.1) is 6.92 Å². The van der Waals surface area contributed by atoms with E-state index in [1.165, 1.54) is 23.9 Å². The van der Waals surface area contributed by atoms with Crippen LogP contribution in [-0.2, 0) is 20.6 Å². The molecule has 2 heterocycles. The summed E-state index contributed by atoms with van der Waals surface area (Å²) < 4.78 is 32.6. The maximum Gasteiger partial charge on any atom is 0.322 e. The van der Waals surface area contributed by atoms with Gasteiger partial charge in [0, 0.05) is 22.8 Å². The molecule has 1 fully saturated rings. The van der Waals surface area contributed by atoms with E-state index in [2.05, 4.69) is 4.98 Å². The first-order chi connectivity index (χ1) is 14.9. The Morgan fingerprint density at radius 3 is 2.58 bits per heavy atom. The molecule has 0 unspecified atom stereocenters. The van der Waals surface area contributed by atoms with Gasteiger partial charge in [-0.05, 0) is 56.2 Å². The van der Waals surface area contributed by atoms with E-state index >= 15 is 0 Å². The van der Waals surface area contributed by atoms with Crippen molar-refractivity contribution in [3.05, 3.63) is 66.1 Å². The molecule has 3 aromatic rings. The molecule has 1 N–H and O–H groups in total. The second kappa shape index (κ2) is 8.86. The molecule has 0 spiro atoms. The third-order valence-electron chi connectivity index (χ3n) is 5.21. The van der Waals surface area contributed by atoms with Gasteiger partial charge in [0.05, 0.1) is 10.6 Å². The Balaban J connectivity index is 1.45. The topological polar surface area (TPSA) is 101 Å². The van der Waals surface area contributed by atoms with Crippen LogP contribution in [0.3, 0.4) is 0 Å². The van der Waals surface area contributed by atoms with Gasteiger partial charge in [0.25, 0.3) is 0 Å². The average Bonchev–Trinajstić information content (AvgIpc) is 3.41. The molecule has 0 saturated carbocycles. The highest BCUT2D eigenvalue weighted by molar-refractivity contribution is 7.98. The fourth-order valence-electron chi connectivity index (χ4n) is 3.54. The molecule has 162 valence electrons. The van der Waals surface area contributed by atoms with Gasteiger partial charge < -0.3 is 9.52 Å². The Morgan fingerprint density at radius 1 is 1.19 bits per heavy atom. The fourth-order valence-corrected chi connectivity index (χ4v) is 6.09. The summed E-state index contributed by atoms with van der Waals surface area (Å²) in [6.07, 6.45) is 0.886. The number of hydrogen-bond donors (Lipinski definition) is 1. The van der Waals surface area contributed by atoms with Gasteiger partial charge in [0.15, 0.2) is 0 Å². The van der Waals surface area contributed by atoms with Crippen LogP contribution in [0.15, 0.2) is 68.8 Å². The Hall–Kier alpha value is -2.62. The minimum absolute atomic E-state index is 0.106. The summed E-state index contributed by atoms with van der Waals surface area (Å²) in [6.45, 7) is 2.10. The van der Waals surface area contributed by atoms with Gasteiger partial charge in [-0.25, -0.2) is 13.4 Å². The number of aliphatic carboxylic acids is 1. The maximum atomic E-state index is 12.9. The highest BCUT2D eigenvalue weighted by Gasteiger charge is 2.39. The zero-order chi connectivity index (χ0) is 22.0. The number of carboxylic acids is 1. The van der Waals surface area contributed by atoms with Crippen LogP contribution in [0.4, 0.5) is 0 Å². The highest BCUT2D eigenvalue weighted by atomic mass is 32.2. The number of rotatable bonds is 7. The van der Waals surface area contributed by atoms with Crippen LogP contribution < -0.4 is 0 Å². The van der Waals surface area contributed by atoms with Gasteiger partial charge in [0.1, 0.15) is 11.8 Å². The molecule has 1 saturated heterocycles. The zero-order valence-corrected chi connectivity index (χ0v) is 18.5. The van der Waals surface area contributed by atoms with E-state index < -0.39 is 22.0 Å². The van der Waals surface area contributed by atoms with Crippen LogP contribution in [0.2, 0.25) is 0 Å². The van der Waals surface area contributed by atoms with Crippen LogP contribution in [0.1, 0.15) is 24.3 Å². The van der Waals surface area contributed by atoms with E-state index in [1.807, 2.05) is 37.3 Å². The SMILES string of the molecule is Cc1oc(-c2ccccc2)nc1CSc1ccc(S(=O)(=O)N2CCC[C@@H]2C(=O)O)cc1. The van der Waals surface area contributed by atoms with Crippen molar-refractivity contribution in [1.82, 2.24) is 9.29 Å². The molecule has 1 aliphatic rings. The maximum absolute atomic E-state index is 12.9. The standard InChI is InChI=1S/C22H22N2O5S2/c1-15-19(23-21(29-15)16-6-3-2-4-7-16)14-30-17-9-11-18(12-10-17)31(27,28)24-13-5-8-20(24)22(25)26/h2-4,6-7,9-12,20H,5,8,13-14H2,1H3,(H,25,26)/t20-/m1/s1. The third kappa shape index (κ3) is 4.53. The monoisotopic (exact) mass is 458 g/mol. The first-order valence-electron chi connectivity index (χ1n) is 9.85. The number of oxazole rings is 1. The van der Waals surface area contributed by atoms with Crippen molar-refractivity contribution in [3.63, 3.8) is 0 Å². The van der Waals surface area contributed by atoms with E-state index in [4.69, 9.17) is 4.42 Å². The summed E-state index contributed by atoms with van der Waals surface area (Å²) in [7, 11) is -3.83. The molecule has 0 radical (unpaired) electrons. The van der Waals surface area contributed by atoms with Gasteiger partial charge in [-0.2, -0.15) is 4.31 Å². The van der Waals surface area contributed by atoms with Gasteiger partial charge in [-0.1, -0.05) is 18.2 Å². The quantitative estimate of drug-likeness (QED) is 0.530. The molecule has 7 nitrogen and oxygen atoms in total. The number of sulfonamides is 1. The van der Waals surface area contributed by atoms with Crippen LogP contribution in [0.25, 0.3) is 11.5 Å². The molecular weight excluding hydrogens is 436 g/mol. The van der Waals surface area contributed by atoms with Crippen molar-refractivity contribution >= 4 is 27.8 Å². The number of thioether (sulfide) groups is 1. The Bertz CT molecular complexity index is 1170. The summed E-state index contributed by atoms with van der Waals surface area (Å²) >= 11 is 1.53. The molecule has 0 amide bonds. The van der Waals surface area contributed by atoms with Crippen LogP contribution in [-0.4, -0.2) is 41.4 Å². The largest absolute Gasteiger partial charge is 0.480 e. The molecule has 2 aromatic carbocycles. The predicted molar refractivity (Wildman–Crippen MR) is 117 cm³/mol. The molecular formula is C22H22N2O5S2. The number of benzene rings is 2. The Morgan fingerprint density at radius 2 is 1.90 bits per heavy atom. The predicted octanol–water partition coefficient (Wildman–Crippen LogP) is 4.18. The molecule has 1 aromatic heterocycles. The normalized spacial score (nSPS) is 17.1. The summed E-state index contributed by atoms with van der Waals surface area (Å²) in [5, 5.41) is 9.29. The second-order valence-corrected chi connectivity index (χ2v) is 10.2. The number of nitrogens with zero attached hydrogens (tertiary/aromatic N) is 2. The van der Waals surface area contributed by atoms with E-state index in [0.29, 0.717) is 24.5 Å². The first-order valence-corrected chi connectivity index (χ1v) is 12.3. The van der Waals surface area contributed by atoms with Gasteiger partial charge in [-0.15, -0.1) is 11.8 Å². The van der Waals surface area contributed by atoms with Crippen molar-refractivity contribution in [2.24, 2.45) is 0 Å². The minimum atomic E-state index is -3.83. The van der Waals surface area contributed by atoms with Gasteiger partial charge in [0.2, 0.25) is 15.9 Å². The van der Waals surface area contributed by atoms with E-state index in [-0.39, 0.29) is 11.4 Å². The smallest absolute Gasteiger partial charge is 0.322 e. The Labute approximate surface area is 185 Å². The molecule has 1 aliphatic heterocycles. The van der Waals surface area contributed by atoms with Gasteiger partial charge in [-0.3, -0.25) is 4.79 Å². The van der Waals surface area contributed by atoms with Crippen molar-refractivity contribution in [1.29, 1.82) is 0 Å². The zero-order valence-electron chi connectivity index (χ0n) is 16.9. The minimum Gasteiger partial charge on any atom is -0.480 e. The lowest BCUT2D eigenvalue weighted by Crippen LogP contribution is -2.40. The van der Waals surface area contributed by atoms with E-state index in [9.17, 15) is 18.3 Å². The summed E-state index contributed by atoms with van der Waals surface area (Å²) in [6, 6.07) is 15.2. The molecule has 0 bridgehead atoms.